The Balaban J connectivity index is 2.71. The molecule has 0 fully saturated rings. The average Bonchev–Trinajstić information content (AvgIpc) is 2.28. The Hall–Kier alpha value is -1.45. The molecule has 0 aliphatic rings. The first-order valence-electron chi connectivity index (χ1n) is 4.86. The Morgan fingerprint density at radius 1 is 1.27 bits per heavy atom. The maximum Gasteiger partial charge on any atom is 0.109 e. The number of aromatic nitrogens is 1. The van der Waals surface area contributed by atoms with Crippen LogP contribution in [0.2, 0.25) is 0 Å². The summed E-state index contributed by atoms with van der Waals surface area (Å²) in [5.41, 5.74) is 0.589. The standard InChI is InChI=1S/C12H14N2O/c1-12(2,15-13)11-5-3-4-9-8-14-7-6-10(9)11/h3-8H,13H2,1-2H3. The van der Waals surface area contributed by atoms with Crippen molar-refractivity contribution in [1.82, 2.24) is 4.98 Å². The third-order valence-corrected chi connectivity index (χ3v) is 2.62. The molecule has 0 unspecified atom stereocenters. The second-order valence-corrected chi connectivity index (χ2v) is 4.03. The summed E-state index contributed by atoms with van der Waals surface area (Å²) in [6.07, 6.45) is 3.61. The highest BCUT2D eigenvalue weighted by Gasteiger charge is 2.22. The van der Waals surface area contributed by atoms with Crippen LogP contribution in [0.25, 0.3) is 10.8 Å². The van der Waals surface area contributed by atoms with Crippen molar-refractivity contribution in [3.05, 3.63) is 42.2 Å². The minimum Gasteiger partial charge on any atom is -0.294 e. The summed E-state index contributed by atoms with van der Waals surface area (Å²) < 4.78 is 0. The Labute approximate surface area is 88.8 Å². The van der Waals surface area contributed by atoms with Crippen LogP contribution in [0, 0.1) is 0 Å². The van der Waals surface area contributed by atoms with E-state index in [1.165, 1.54) is 0 Å². The normalized spacial score (nSPS) is 11.9. The molecule has 0 saturated carbocycles. The van der Waals surface area contributed by atoms with Crippen LogP contribution < -0.4 is 5.90 Å². The van der Waals surface area contributed by atoms with Gasteiger partial charge in [-0.3, -0.25) is 9.82 Å². The van der Waals surface area contributed by atoms with Gasteiger partial charge in [-0.25, -0.2) is 5.90 Å². The molecule has 0 saturated heterocycles. The molecule has 1 aromatic carbocycles. The number of fused-ring (bicyclic) bond motifs is 1. The Bertz CT molecular complexity index is 475. The maximum absolute atomic E-state index is 5.31. The van der Waals surface area contributed by atoms with Crippen LogP contribution in [-0.4, -0.2) is 4.98 Å². The van der Waals surface area contributed by atoms with Crippen LogP contribution in [0.5, 0.6) is 0 Å². The molecule has 78 valence electrons. The van der Waals surface area contributed by atoms with E-state index in [0.717, 1.165) is 16.3 Å². The number of pyridine rings is 1. The number of rotatable bonds is 2. The monoisotopic (exact) mass is 202 g/mol. The van der Waals surface area contributed by atoms with E-state index in [0.29, 0.717) is 0 Å². The van der Waals surface area contributed by atoms with E-state index in [2.05, 4.69) is 4.98 Å². The third-order valence-electron chi connectivity index (χ3n) is 2.62. The van der Waals surface area contributed by atoms with Crippen LogP contribution in [0.4, 0.5) is 0 Å². The number of nitrogens with zero attached hydrogens (tertiary/aromatic N) is 1. The molecule has 0 spiro atoms. The lowest BCUT2D eigenvalue weighted by atomic mass is 9.93. The van der Waals surface area contributed by atoms with Gasteiger partial charge in [-0.15, -0.1) is 0 Å². The van der Waals surface area contributed by atoms with Crippen LogP contribution >= 0.6 is 0 Å². The van der Waals surface area contributed by atoms with E-state index in [-0.39, 0.29) is 0 Å². The highest BCUT2D eigenvalue weighted by atomic mass is 16.6. The van der Waals surface area contributed by atoms with Crippen molar-refractivity contribution < 1.29 is 4.84 Å². The highest BCUT2D eigenvalue weighted by molar-refractivity contribution is 5.85. The van der Waals surface area contributed by atoms with E-state index in [9.17, 15) is 0 Å². The summed E-state index contributed by atoms with van der Waals surface area (Å²) in [5.74, 6) is 5.31. The van der Waals surface area contributed by atoms with E-state index >= 15 is 0 Å². The zero-order valence-corrected chi connectivity index (χ0v) is 8.90. The van der Waals surface area contributed by atoms with E-state index in [1.54, 1.807) is 6.20 Å². The van der Waals surface area contributed by atoms with Crippen LogP contribution in [0.3, 0.4) is 0 Å². The van der Waals surface area contributed by atoms with Gasteiger partial charge >= 0.3 is 0 Å². The number of hydrogen-bond acceptors (Lipinski definition) is 3. The molecule has 0 aliphatic carbocycles. The fourth-order valence-corrected chi connectivity index (χ4v) is 1.71. The number of nitrogens with two attached hydrogens (primary N) is 1. The van der Waals surface area contributed by atoms with E-state index in [4.69, 9.17) is 10.7 Å². The molecule has 2 rings (SSSR count). The summed E-state index contributed by atoms with van der Waals surface area (Å²) in [5, 5.41) is 2.23. The second kappa shape index (κ2) is 3.61. The van der Waals surface area contributed by atoms with Crippen LogP contribution in [0.15, 0.2) is 36.7 Å². The largest absolute Gasteiger partial charge is 0.294 e. The van der Waals surface area contributed by atoms with Gasteiger partial charge in [0.15, 0.2) is 0 Å². The maximum atomic E-state index is 5.31. The molecular formula is C12H14N2O. The molecule has 0 amide bonds. The lowest BCUT2D eigenvalue weighted by Gasteiger charge is -2.23. The zero-order chi connectivity index (χ0) is 10.9. The lowest BCUT2D eigenvalue weighted by Crippen LogP contribution is -2.25. The Morgan fingerprint density at radius 2 is 2.07 bits per heavy atom. The van der Waals surface area contributed by atoms with Gasteiger partial charge < -0.3 is 0 Å². The predicted molar refractivity (Wildman–Crippen MR) is 60.0 cm³/mol. The smallest absolute Gasteiger partial charge is 0.109 e. The van der Waals surface area contributed by atoms with Gasteiger partial charge in [-0.05, 0) is 30.9 Å². The Morgan fingerprint density at radius 3 is 2.80 bits per heavy atom. The zero-order valence-electron chi connectivity index (χ0n) is 8.90. The van der Waals surface area contributed by atoms with Crippen molar-refractivity contribution >= 4 is 10.8 Å². The highest BCUT2D eigenvalue weighted by Crippen LogP contribution is 2.29. The molecule has 1 aromatic heterocycles. The van der Waals surface area contributed by atoms with Gasteiger partial charge in [-0.2, -0.15) is 0 Å². The molecule has 1 heterocycles. The molecular weight excluding hydrogens is 188 g/mol. The van der Waals surface area contributed by atoms with Gasteiger partial charge in [0.05, 0.1) is 0 Å². The van der Waals surface area contributed by atoms with Crippen molar-refractivity contribution in [2.45, 2.75) is 19.4 Å². The van der Waals surface area contributed by atoms with Crippen molar-refractivity contribution in [3.8, 4) is 0 Å². The van der Waals surface area contributed by atoms with Crippen LogP contribution in [-0.2, 0) is 10.4 Å². The van der Waals surface area contributed by atoms with Crippen LogP contribution in [0.1, 0.15) is 19.4 Å². The summed E-state index contributed by atoms with van der Waals surface area (Å²) in [7, 11) is 0. The van der Waals surface area contributed by atoms with E-state index in [1.807, 2.05) is 44.3 Å². The Kier molecular flexibility index (Phi) is 2.42. The topological polar surface area (TPSA) is 48.1 Å². The van der Waals surface area contributed by atoms with Gasteiger partial charge in [0.1, 0.15) is 5.60 Å². The molecule has 0 aliphatic heterocycles. The lowest BCUT2D eigenvalue weighted by molar-refractivity contribution is -0.0225. The van der Waals surface area contributed by atoms with Gasteiger partial charge in [0.25, 0.3) is 0 Å². The first-order chi connectivity index (χ1) is 7.15. The fraction of sp³-hybridized carbons (Fsp3) is 0.250. The first-order valence-corrected chi connectivity index (χ1v) is 4.86. The third kappa shape index (κ3) is 1.71. The predicted octanol–water partition coefficient (Wildman–Crippen LogP) is 2.36. The molecule has 0 atom stereocenters. The van der Waals surface area contributed by atoms with Gasteiger partial charge in [0, 0.05) is 17.8 Å². The van der Waals surface area contributed by atoms with Crippen molar-refractivity contribution in [2.24, 2.45) is 5.90 Å². The summed E-state index contributed by atoms with van der Waals surface area (Å²) in [4.78, 5) is 9.10. The number of hydrogen-bond donors (Lipinski definition) is 1. The van der Waals surface area contributed by atoms with E-state index < -0.39 is 5.60 Å². The van der Waals surface area contributed by atoms with Crippen molar-refractivity contribution in [2.75, 3.05) is 0 Å². The quantitative estimate of drug-likeness (QED) is 0.760. The molecule has 15 heavy (non-hydrogen) atoms. The fourth-order valence-electron chi connectivity index (χ4n) is 1.71. The molecule has 0 radical (unpaired) electrons. The number of benzene rings is 1. The summed E-state index contributed by atoms with van der Waals surface area (Å²) in [6.45, 7) is 3.89. The molecule has 0 bridgehead atoms. The van der Waals surface area contributed by atoms with Gasteiger partial charge in [-0.1, -0.05) is 18.2 Å². The van der Waals surface area contributed by atoms with Crippen molar-refractivity contribution in [1.29, 1.82) is 0 Å². The van der Waals surface area contributed by atoms with Crippen molar-refractivity contribution in [3.63, 3.8) is 0 Å². The molecule has 3 nitrogen and oxygen atoms in total. The summed E-state index contributed by atoms with van der Waals surface area (Å²) >= 11 is 0. The molecule has 3 heteroatoms. The second-order valence-electron chi connectivity index (χ2n) is 4.03. The minimum atomic E-state index is -0.485. The average molecular weight is 202 g/mol. The molecule has 2 N–H and O–H groups in total. The SMILES string of the molecule is CC(C)(ON)c1cccc2cnccc12. The van der Waals surface area contributed by atoms with Gasteiger partial charge in [0.2, 0.25) is 0 Å². The minimum absolute atomic E-state index is 0.485. The first kappa shape index (κ1) is 10.1. The molecule has 2 aromatic rings. The summed E-state index contributed by atoms with van der Waals surface area (Å²) in [6, 6.07) is 8.01.